The zero-order valence-corrected chi connectivity index (χ0v) is 24.7. The molecule has 0 spiro atoms. The van der Waals surface area contributed by atoms with Gasteiger partial charge in [0.05, 0.1) is 11.2 Å². The van der Waals surface area contributed by atoms with Crippen LogP contribution in [-0.4, -0.2) is 48.5 Å². The molecular formula is C33H39ClFN3O3. The van der Waals surface area contributed by atoms with Crippen LogP contribution in [0.3, 0.4) is 0 Å². The van der Waals surface area contributed by atoms with Crippen LogP contribution in [0.4, 0.5) is 4.39 Å². The molecule has 1 aliphatic heterocycles. The molecule has 41 heavy (non-hydrogen) atoms. The molecule has 0 radical (unpaired) electrons. The average Bonchev–Trinajstić information content (AvgIpc) is 2.95. The number of amides is 2. The summed E-state index contributed by atoms with van der Waals surface area (Å²) >= 11 is 6.80. The number of nitrogens with zero attached hydrogens (tertiary/aromatic N) is 1. The quantitative estimate of drug-likeness (QED) is 0.264. The number of carbonyl (C=O) groups excluding carboxylic acids is 2. The summed E-state index contributed by atoms with van der Waals surface area (Å²) in [5, 5.41) is 19.0. The maximum atomic E-state index is 15.0. The number of nitrogens with one attached hydrogen (secondary N) is 2. The van der Waals surface area contributed by atoms with Crippen molar-refractivity contribution in [3.05, 3.63) is 93.8 Å². The van der Waals surface area contributed by atoms with Crippen LogP contribution in [0, 0.1) is 18.7 Å². The summed E-state index contributed by atoms with van der Waals surface area (Å²) in [6.07, 6.45) is 2.24. The number of hydrogen-bond donors (Lipinski definition) is 3. The number of aryl methyl sites for hydroxylation is 1. The number of likely N-dealkylation sites (tertiary alicyclic amines) is 1. The summed E-state index contributed by atoms with van der Waals surface area (Å²) in [6, 6.07) is 18.2. The van der Waals surface area contributed by atoms with Crippen molar-refractivity contribution in [3.63, 3.8) is 0 Å². The van der Waals surface area contributed by atoms with Gasteiger partial charge in [-0.1, -0.05) is 59.6 Å². The summed E-state index contributed by atoms with van der Waals surface area (Å²) in [4.78, 5) is 26.7. The molecule has 1 aliphatic rings. The molecule has 3 aromatic rings. The van der Waals surface area contributed by atoms with Crippen molar-refractivity contribution in [1.82, 2.24) is 15.5 Å². The van der Waals surface area contributed by atoms with E-state index in [0.29, 0.717) is 55.9 Å². The van der Waals surface area contributed by atoms with Gasteiger partial charge in [0.2, 0.25) is 5.91 Å². The Hall–Kier alpha value is -3.26. The molecule has 1 heterocycles. The maximum Gasteiger partial charge on any atom is 0.256 e. The molecule has 0 aromatic heterocycles. The molecule has 0 bridgehead atoms. The Morgan fingerprint density at radius 3 is 2.63 bits per heavy atom. The van der Waals surface area contributed by atoms with E-state index < -0.39 is 11.4 Å². The average molecular weight is 580 g/mol. The summed E-state index contributed by atoms with van der Waals surface area (Å²) in [5.74, 6) is -1.39. The van der Waals surface area contributed by atoms with Crippen LogP contribution in [0.15, 0.2) is 60.7 Å². The van der Waals surface area contributed by atoms with Crippen LogP contribution in [0.5, 0.6) is 0 Å². The van der Waals surface area contributed by atoms with Gasteiger partial charge in [-0.2, -0.15) is 0 Å². The van der Waals surface area contributed by atoms with E-state index in [9.17, 15) is 19.1 Å². The van der Waals surface area contributed by atoms with Crippen molar-refractivity contribution in [2.24, 2.45) is 5.92 Å². The first-order chi connectivity index (χ1) is 19.6. The number of carbonyl (C=O) groups is 2. The van der Waals surface area contributed by atoms with E-state index in [-0.39, 0.29) is 29.8 Å². The fourth-order valence-corrected chi connectivity index (χ4v) is 6.21. The van der Waals surface area contributed by atoms with Crippen LogP contribution >= 0.6 is 11.6 Å². The van der Waals surface area contributed by atoms with Gasteiger partial charge in [-0.25, -0.2) is 4.39 Å². The number of hydrogen-bond acceptors (Lipinski definition) is 4. The number of halogens is 2. The predicted molar refractivity (Wildman–Crippen MR) is 161 cm³/mol. The van der Waals surface area contributed by atoms with Crippen LogP contribution in [-0.2, 0) is 16.9 Å². The lowest BCUT2D eigenvalue weighted by atomic mass is 9.72. The Morgan fingerprint density at radius 2 is 1.93 bits per heavy atom. The number of rotatable bonds is 10. The summed E-state index contributed by atoms with van der Waals surface area (Å²) in [5.41, 5.74) is 2.86. The molecule has 4 rings (SSSR count). The van der Waals surface area contributed by atoms with Gasteiger partial charge in [0.1, 0.15) is 5.82 Å². The van der Waals surface area contributed by atoms with Gasteiger partial charge in [0, 0.05) is 49.6 Å². The van der Waals surface area contributed by atoms with E-state index in [1.807, 2.05) is 49.4 Å². The van der Waals surface area contributed by atoms with Gasteiger partial charge in [-0.15, -0.1) is 0 Å². The van der Waals surface area contributed by atoms with Gasteiger partial charge < -0.3 is 20.6 Å². The molecule has 3 aromatic carbocycles. The first-order valence-corrected chi connectivity index (χ1v) is 14.6. The molecule has 3 N–H and O–H groups in total. The fraction of sp³-hybridized carbons (Fsp3) is 0.394. The minimum atomic E-state index is -1.35. The first kappa shape index (κ1) is 30.7. The second-order valence-electron chi connectivity index (χ2n) is 11.0. The molecule has 0 saturated carbocycles. The third-order valence-electron chi connectivity index (χ3n) is 7.92. The smallest absolute Gasteiger partial charge is 0.256 e. The normalized spacial score (nSPS) is 16.7. The van der Waals surface area contributed by atoms with Gasteiger partial charge >= 0.3 is 0 Å². The Labute approximate surface area is 246 Å². The highest BCUT2D eigenvalue weighted by Crippen LogP contribution is 2.45. The minimum absolute atomic E-state index is 0.0305. The lowest BCUT2D eigenvalue weighted by Crippen LogP contribution is -2.48. The second-order valence-corrected chi connectivity index (χ2v) is 11.4. The summed E-state index contributed by atoms with van der Waals surface area (Å²) in [6.45, 7) is 5.15. The minimum Gasteiger partial charge on any atom is -0.385 e. The topological polar surface area (TPSA) is 81.7 Å². The molecule has 6 nitrogen and oxygen atoms in total. The van der Waals surface area contributed by atoms with E-state index in [0.717, 1.165) is 22.3 Å². The summed E-state index contributed by atoms with van der Waals surface area (Å²) < 4.78 is 15.0. The highest BCUT2D eigenvalue weighted by molar-refractivity contribution is 6.33. The maximum absolute atomic E-state index is 15.0. The third-order valence-corrected chi connectivity index (χ3v) is 8.24. The van der Waals surface area contributed by atoms with Gasteiger partial charge in [-0.05, 0) is 74.5 Å². The van der Waals surface area contributed by atoms with E-state index in [1.165, 1.54) is 13.0 Å². The van der Waals surface area contributed by atoms with Crippen LogP contribution < -0.4 is 10.6 Å². The Kier molecular flexibility index (Phi) is 10.2. The first-order valence-electron chi connectivity index (χ1n) is 14.2. The van der Waals surface area contributed by atoms with E-state index in [1.54, 1.807) is 24.1 Å². The molecule has 218 valence electrons. The fourth-order valence-electron chi connectivity index (χ4n) is 5.93. The number of aliphatic hydroxyl groups is 1. The van der Waals surface area contributed by atoms with Crippen molar-refractivity contribution in [2.45, 2.75) is 51.7 Å². The summed E-state index contributed by atoms with van der Waals surface area (Å²) in [7, 11) is 1.78. The van der Waals surface area contributed by atoms with E-state index in [2.05, 4.69) is 10.6 Å². The largest absolute Gasteiger partial charge is 0.385 e. The molecule has 1 saturated heterocycles. The highest BCUT2D eigenvalue weighted by Gasteiger charge is 2.43. The van der Waals surface area contributed by atoms with E-state index >= 15 is 0 Å². The molecule has 0 aliphatic carbocycles. The van der Waals surface area contributed by atoms with Gasteiger partial charge in [0.25, 0.3) is 5.91 Å². The second kappa shape index (κ2) is 13.6. The Morgan fingerprint density at radius 1 is 1.15 bits per heavy atom. The van der Waals surface area contributed by atoms with Gasteiger partial charge in [0.15, 0.2) is 0 Å². The molecule has 2 unspecified atom stereocenters. The molecule has 8 heteroatoms. The van der Waals surface area contributed by atoms with Crippen molar-refractivity contribution < 1.29 is 19.1 Å². The van der Waals surface area contributed by atoms with Crippen LogP contribution in [0.1, 0.15) is 59.7 Å². The van der Waals surface area contributed by atoms with Crippen molar-refractivity contribution >= 4 is 23.4 Å². The lowest BCUT2D eigenvalue weighted by Gasteiger charge is -2.44. The molecule has 2 atom stereocenters. The van der Waals surface area contributed by atoms with Crippen molar-refractivity contribution in [3.8, 4) is 11.1 Å². The number of piperidine rings is 1. The zero-order valence-electron chi connectivity index (χ0n) is 24.0. The highest BCUT2D eigenvalue weighted by atomic mass is 35.5. The van der Waals surface area contributed by atoms with Crippen LogP contribution in [0.2, 0.25) is 5.02 Å². The molecule has 2 amide bonds. The van der Waals surface area contributed by atoms with Crippen molar-refractivity contribution in [1.29, 1.82) is 0 Å². The SMILES string of the molecule is CNCc1ccc(C(=O)N2CCCC(C(O)(CCCNC(C)=O)c3cccc(Cl)c3-c3cccc(C)c3)C2)c(F)c1. The predicted octanol–water partition coefficient (Wildman–Crippen LogP) is 5.83. The Bertz CT molecular complexity index is 1400. The van der Waals surface area contributed by atoms with Crippen molar-refractivity contribution in [2.75, 3.05) is 26.7 Å². The number of benzene rings is 3. The molecule has 1 fully saturated rings. The van der Waals surface area contributed by atoms with Crippen LogP contribution in [0.25, 0.3) is 11.1 Å². The van der Waals surface area contributed by atoms with E-state index in [4.69, 9.17) is 11.6 Å². The molecular weight excluding hydrogens is 541 g/mol. The van der Waals surface area contributed by atoms with Gasteiger partial charge in [-0.3, -0.25) is 9.59 Å². The lowest BCUT2D eigenvalue weighted by molar-refractivity contribution is -0.119. The monoisotopic (exact) mass is 579 g/mol. The third kappa shape index (κ3) is 7.15. The standard InChI is InChI=1S/C33H39ClFN3O3/c1-22-8-4-9-25(18-22)31-28(11-5-12-29(31)34)33(41,15-7-16-37-23(2)39)26-10-6-17-38(21-26)32(40)27-14-13-24(20-36-3)19-30(27)35/h4-5,8-9,11-14,18-19,26,36,41H,6-7,10,15-17,20-21H2,1-3H3,(H,37,39). The Balaban J connectivity index is 1.70. The zero-order chi connectivity index (χ0) is 29.6.